The van der Waals surface area contributed by atoms with Crippen LogP contribution in [0.2, 0.25) is 0 Å². The second-order valence-electron chi connectivity index (χ2n) is 3.32. The predicted molar refractivity (Wildman–Crippen MR) is 73.4 cm³/mol. The van der Waals surface area contributed by atoms with Crippen molar-refractivity contribution in [3.63, 3.8) is 0 Å². The number of benzene rings is 1. The van der Waals surface area contributed by atoms with E-state index in [1.165, 1.54) is 7.11 Å². The van der Waals surface area contributed by atoms with Crippen LogP contribution in [-0.4, -0.2) is 29.1 Å². The van der Waals surface area contributed by atoms with Gasteiger partial charge in [-0.1, -0.05) is 12.1 Å². The quantitative estimate of drug-likeness (QED) is 0.904. The van der Waals surface area contributed by atoms with Crippen LogP contribution < -0.4 is 15.4 Å². The Labute approximate surface area is 113 Å². The standard InChI is InChI=1S/C11H12BrN5O/c1-13-9-15-10(17-11(16-9)18-2)14-8-6-4-3-5-7(8)12/h3-6H,1-2H3,(H2,13,14,15,16,17). The van der Waals surface area contributed by atoms with E-state index in [1.54, 1.807) is 7.05 Å². The minimum atomic E-state index is 0.254. The molecule has 0 aliphatic carbocycles. The largest absolute Gasteiger partial charge is 0.467 e. The van der Waals surface area contributed by atoms with Gasteiger partial charge in [0.25, 0.3) is 0 Å². The Morgan fingerprint density at radius 2 is 1.83 bits per heavy atom. The normalized spacial score (nSPS) is 9.94. The van der Waals surface area contributed by atoms with Crippen LogP contribution in [0.1, 0.15) is 0 Å². The number of anilines is 3. The van der Waals surface area contributed by atoms with Gasteiger partial charge in [0, 0.05) is 11.5 Å². The van der Waals surface area contributed by atoms with Gasteiger partial charge in [0.05, 0.1) is 12.8 Å². The van der Waals surface area contributed by atoms with Crippen LogP contribution in [-0.2, 0) is 0 Å². The number of aromatic nitrogens is 3. The summed E-state index contributed by atoms with van der Waals surface area (Å²) < 4.78 is 5.94. The number of para-hydroxylation sites is 1. The lowest BCUT2D eigenvalue weighted by atomic mass is 10.3. The molecule has 0 unspecified atom stereocenters. The van der Waals surface area contributed by atoms with Gasteiger partial charge in [-0.2, -0.15) is 15.0 Å². The van der Waals surface area contributed by atoms with Gasteiger partial charge < -0.3 is 15.4 Å². The first kappa shape index (κ1) is 12.6. The van der Waals surface area contributed by atoms with E-state index in [1.807, 2.05) is 24.3 Å². The Kier molecular flexibility index (Phi) is 3.93. The number of rotatable bonds is 4. The number of ether oxygens (including phenoxy) is 1. The van der Waals surface area contributed by atoms with Gasteiger partial charge in [-0.05, 0) is 28.1 Å². The Hall–Kier alpha value is -1.89. The molecule has 0 saturated heterocycles. The maximum absolute atomic E-state index is 5.01. The van der Waals surface area contributed by atoms with Crippen molar-refractivity contribution in [2.75, 3.05) is 24.8 Å². The topological polar surface area (TPSA) is 72.0 Å². The molecule has 0 fully saturated rings. The third-order valence-corrected chi connectivity index (χ3v) is 2.83. The van der Waals surface area contributed by atoms with E-state index in [9.17, 15) is 0 Å². The molecule has 18 heavy (non-hydrogen) atoms. The van der Waals surface area contributed by atoms with Gasteiger partial charge in [-0.15, -0.1) is 0 Å². The van der Waals surface area contributed by atoms with Gasteiger partial charge in [0.15, 0.2) is 0 Å². The Balaban J connectivity index is 2.31. The van der Waals surface area contributed by atoms with E-state index in [2.05, 4.69) is 41.5 Å². The first-order valence-corrected chi connectivity index (χ1v) is 6.01. The summed E-state index contributed by atoms with van der Waals surface area (Å²) in [6, 6.07) is 7.95. The molecule has 1 heterocycles. The van der Waals surface area contributed by atoms with Gasteiger partial charge in [0.1, 0.15) is 0 Å². The van der Waals surface area contributed by atoms with E-state index in [0.717, 1.165) is 10.2 Å². The van der Waals surface area contributed by atoms with Crippen molar-refractivity contribution in [2.24, 2.45) is 0 Å². The lowest BCUT2D eigenvalue weighted by Crippen LogP contribution is -2.05. The fraction of sp³-hybridized carbons (Fsp3) is 0.182. The van der Waals surface area contributed by atoms with Gasteiger partial charge in [-0.3, -0.25) is 0 Å². The number of halogens is 1. The Morgan fingerprint density at radius 1 is 1.11 bits per heavy atom. The second-order valence-corrected chi connectivity index (χ2v) is 4.18. The van der Waals surface area contributed by atoms with Crippen LogP contribution in [0.3, 0.4) is 0 Å². The molecule has 0 aliphatic rings. The average molecular weight is 310 g/mol. The molecule has 0 amide bonds. The van der Waals surface area contributed by atoms with Crippen molar-refractivity contribution in [3.8, 4) is 6.01 Å². The van der Waals surface area contributed by atoms with E-state index < -0.39 is 0 Å². The molecule has 0 radical (unpaired) electrons. The Morgan fingerprint density at radius 3 is 2.50 bits per heavy atom. The van der Waals surface area contributed by atoms with E-state index in [4.69, 9.17) is 4.74 Å². The minimum Gasteiger partial charge on any atom is -0.467 e. The van der Waals surface area contributed by atoms with Gasteiger partial charge >= 0.3 is 6.01 Å². The zero-order chi connectivity index (χ0) is 13.0. The summed E-state index contributed by atoms with van der Waals surface area (Å²) in [7, 11) is 3.24. The fourth-order valence-electron chi connectivity index (χ4n) is 1.30. The first-order valence-electron chi connectivity index (χ1n) is 5.22. The molecule has 0 bridgehead atoms. The number of nitrogens with one attached hydrogen (secondary N) is 2. The maximum atomic E-state index is 5.01. The summed E-state index contributed by atoms with van der Waals surface area (Å²) in [4.78, 5) is 12.3. The molecule has 0 spiro atoms. The minimum absolute atomic E-state index is 0.254. The summed E-state index contributed by atoms with van der Waals surface area (Å²) in [5, 5.41) is 5.94. The van der Waals surface area contributed by atoms with Crippen LogP contribution >= 0.6 is 15.9 Å². The lowest BCUT2D eigenvalue weighted by molar-refractivity contribution is 0.379. The van der Waals surface area contributed by atoms with Crippen LogP contribution in [0.15, 0.2) is 28.7 Å². The molecule has 2 rings (SSSR count). The van der Waals surface area contributed by atoms with Crippen LogP contribution in [0.5, 0.6) is 6.01 Å². The average Bonchev–Trinajstić information content (AvgIpc) is 2.41. The molecule has 0 atom stereocenters. The van der Waals surface area contributed by atoms with Gasteiger partial charge in [-0.25, -0.2) is 0 Å². The van der Waals surface area contributed by atoms with Crippen molar-refractivity contribution in [1.82, 2.24) is 15.0 Å². The molecule has 2 aromatic rings. The molecule has 1 aromatic heterocycles. The molecule has 6 nitrogen and oxygen atoms in total. The van der Waals surface area contributed by atoms with E-state index in [0.29, 0.717) is 11.9 Å². The van der Waals surface area contributed by atoms with E-state index in [-0.39, 0.29) is 6.01 Å². The third kappa shape index (κ3) is 2.86. The van der Waals surface area contributed by atoms with Crippen molar-refractivity contribution in [3.05, 3.63) is 28.7 Å². The molecular weight excluding hydrogens is 298 g/mol. The number of methoxy groups -OCH3 is 1. The highest BCUT2D eigenvalue weighted by Crippen LogP contribution is 2.24. The second kappa shape index (κ2) is 5.63. The maximum Gasteiger partial charge on any atom is 0.322 e. The van der Waals surface area contributed by atoms with Crippen LogP contribution in [0.25, 0.3) is 0 Å². The number of nitrogens with zero attached hydrogens (tertiary/aromatic N) is 3. The number of hydrogen-bond acceptors (Lipinski definition) is 6. The highest BCUT2D eigenvalue weighted by molar-refractivity contribution is 9.10. The highest BCUT2D eigenvalue weighted by Gasteiger charge is 2.07. The molecule has 0 saturated carbocycles. The predicted octanol–water partition coefficient (Wildman–Crippen LogP) is 2.43. The smallest absolute Gasteiger partial charge is 0.322 e. The molecule has 0 aliphatic heterocycles. The summed E-state index contributed by atoms with van der Waals surface area (Å²) in [6.45, 7) is 0. The van der Waals surface area contributed by atoms with Crippen LogP contribution in [0, 0.1) is 0 Å². The van der Waals surface area contributed by atoms with Crippen molar-refractivity contribution >= 4 is 33.5 Å². The summed E-state index contributed by atoms with van der Waals surface area (Å²) in [5.74, 6) is 0.856. The fourth-order valence-corrected chi connectivity index (χ4v) is 1.68. The zero-order valence-corrected chi connectivity index (χ0v) is 11.5. The lowest BCUT2D eigenvalue weighted by Gasteiger charge is -2.08. The Bertz CT molecular complexity index is 526. The highest BCUT2D eigenvalue weighted by atomic mass is 79.9. The van der Waals surface area contributed by atoms with Gasteiger partial charge in [0.2, 0.25) is 11.9 Å². The van der Waals surface area contributed by atoms with Crippen molar-refractivity contribution in [2.45, 2.75) is 0 Å². The summed E-state index contributed by atoms with van der Waals surface area (Å²) in [6.07, 6.45) is 0. The molecule has 1 aromatic carbocycles. The van der Waals surface area contributed by atoms with Crippen molar-refractivity contribution in [1.29, 1.82) is 0 Å². The SMILES string of the molecule is CNc1nc(Nc2ccccc2Br)nc(OC)n1. The summed E-state index contributed by atoms with van der Waals surface area (Å²) >= 11 is 3.44. The molecule has 2 N–H and O–H groups in total. The third-order valence-electron chi connectivity index (χ3n) is 2.14. The van der Waals surface area contributed by atoms with Crippen LogP contribution in [0.4, 0.5) is 17.6 Å². The summed E-state index contributed by atoms with van der Waals surface area (Å²) in [5.41, 5.74) is 0.868. The molecular formula is C11H12BrN5O. The molecule has 94 valence electrons. The number of hydrogen-bond donors (Lipinski definition) is 2. The molecule has 7 heteroatoms. The van der Waals surface area contributed by atoms with E-state index >= 15 is 0 Å². The monoisotopic (exact) mass is 309 g/mol. The van der Waals surface area contributed by atoms with Crippen molar-refractivity contribution < 1.29 is 4.74 Å². The first-order chi connectivity index (χ1) is 8.72. The zero-order valence-electron chi connectivity index (χ0n) is 9.94.